The lowest BCUT2D eigenvalue weighted by Crippen LogP contribution is -2.54. The quantitative estimate of drug-likeness (QED) is 0.859. The Labute approximate surface area is 149 Å². The van der Waals surface area contributed by atoms with E-state index in [4.69, 9.17) is 23.2 Å². The molecule has 2 aliphatic rings. The van der Waals surface area contributed by atoms with Crippen LogP contribution in [0.25, 0.3) is 0 Å². The number of hydrogen-bond acceptors (Lipinski definition) is 3. The van der Waals surface area contributed by atoms with Crippen LogP contribution < -0.4 is 5.32 Å². The molecular weight excluding hydrogens is 353 g/mol. The highest BCUT2D eigenvalue weighted by Gasteiger charge is 2.33. The molecule has 3 rings (SSSR count). The standard InChI is InChI=1S/C16H17Cl2N3O3/c17-10-1-2-11(12(18)9-10)15(23)20-5-7-21(8-6-20)16(24)13-3-4-14(22)19-13/h1-2,9,13H,3-8H2,(H,19,22). The van der Waals surface area contributed by atoms with Gasteiger partial charge in [-0.15, -0.1) is 0 Å². The molecule has 8 heteroatoms. The van der Waals surface area contributed by atoms with Crippen LogP contribution in [-0.2, 0) is 9.59 Å². The maximum Gasteiger partial charge on any atom is 0.255 e. The topological polar surface area (TPSA) is 69.7 Å². The first-order valence-corrected chi connectivity index (χ1v) is 8.54. The molecular formula is C16H17Cl2N3O3. The third-order valence-electron chi connectivity index (χ3n) is 4.33. The van der Waals surface area contributed by atoms with Crippen LogP contribution in [0, 0.1) is 0 Å². The summed E-state index contributed by atoms with van der Waals surface area (Å²) in [5.74, 6) is -0.324. The number of piperazine rings is 1. The smallest absolute Gasteiger partial charge is 0.255 e. The van der Waals surface area contributed by atoms with Gasteiger partial charge in [0.15, 0.2) is 0 Å². The third kappa shape index (κ3) is 3.49. The fourth-order valence-electron chi connectivity index (χ4n) is 2.98. The molecule has 2 fully saturated rings. The third-order valence-corrected chi connectivity index (χ3v) is 4.88. The summed E-state index contributed by atoms with van der Waals surface area (Å²) in [6, 6.07) is 4.35. The van der Waals surface area contributed by atoms with Gasteiger partial charge in [0.2, 0.25) is 11.8 Å². The molecule has 1 unspecified atom stereocenters. The van der Waals surface area contributed by atoms with E-state index < -0.39 is 6.04 Å². The van der Waals surface area contributed by atoms with E-state index in [2.05, 4.69) is 5.32 Å². The van der Waals surface area contributed by atoms with Gasteiger partial charge in [0.1, 0.15) is 6.04 Å². The van der Waals surface area contributed by atoms with Gasteiger partial charge in [0, 0.05) is 37.6 Å². The summed E-state index contributed by atoms with van der Waals surface area (Å²) in [5.41, 5.74) is 0.406. The maximum atomic E-state index is 12.5. The zero-order valence-corrected chi connectivity index (χ0v) is 14.4. The molecule has 6 nitrogen and oxygen atoms in total. The van der Waals surface area contributed by atoms with Crippen molar-refractivity contribution in [3.05, 3.63) is 33.8 Å². The highest BCUT2D eigenvalue weighted by atomic mass is 35.5. The summed E-state index contributed by atoms with van der Waals surface area (Å²) in [6.45, 7) is 1.76. The van der Waals surface area contributed by atoms with Crippen molar-refractivity contribution in [1.82, 2.24) is 15.1 Å². The molecule has 3 amide bonds. The van der Waals surface area contributed by atoms with Gasteiger partial charge in [0.25, 0.3) is 5.91 Å². The van der Waals surface area contributed by atoms with Gasteiger partial charge in [0.05, 0.1) is 10.6 Å². The number of nitrogens with zero attached hydrogens (tertiary/aromatic N) is 2. The Morgan fingerprint density at radius 2 is 1.75 bits per heavy atom. The average molecular weight is 370 g/mol. The Balaban J connectivity index is 1.59. The number of hydrogen-bond donors (Lipinski definition) is 1. The molecule has 128 valence electrons. The number of carbonyl (C=O) groups excluding carboxylic acids is 3. The summed E-state index contributed by atoms with van der Waals surface area (Å²) in [5, 5.41) is 3.48. The second-order valence-corrected chi connectivity index (χ2v) is 6.74. The molecule has 0 aromatic heterocycles. The zero-order chi connectivity index (χ0) is 17.3. The Kier molecular flexibility index (Phi) is 4.96. The van der Waals surface area contributed by atoms with Crippen molar-refractivity contribution in [3.8, 4) is 0 Å². The van der Waals surface area contributed by atoms with E-state index in [0.717, 1.165) is 0 Å². The fraction of sp³-hybridized carbons (Fsp3) is 0.438. The Morgan fingerprint density at radius 3 is 2.33 bits per heavy atom. The number of carbonyl (C=O) groups is 3. The second kappa shape index (κ2) is 6.99. The minimum absolute atomic E-state index is 0.0718. The molecule has 0 aliphatic carbocycles. The fourth-order valence-corrected chi connectivity index (χ4v) is 3.47. The monoisotopic (exact) mass is 369 g/mol. The number of nitrogens with one attached hydrogen (secondary N) is 1. The van der Waals surface area contributed by atoms with E-state index in [-0.39, 0.29) is 17.7 Å². The highest BCUT2D eigenvalue weighted by molar-refractivity contribution is 6.36. The summed E-state index contributed by atoms with van der Waals surface area (Å²) < 4.78 is 0. The SMILES string of the molecule is O=C1CCC(C(=O)N2CCN(C(=O)c3ccc(Cl)cc3Cl)CC2)N1. The van der Waals surface area contributed by atoms with Crippen molar-refractivity contribution >= 4 is 40.9 Å². The molecule has 1 aromatic rings. The lowest BCUT2D eigenvalue weighted by Gasteiger charge is -2.36. The van der Waals surface area contributed by atoms with Crippen LogP contribution in [0.5, 0.6) is 0 Å². The lowest BCUT2D eigenvalue weighted by atomic mass is 10.1. The van der Waals surface area contributed by atoms with E-state index in [1.165, 1.54) is 0 Å². The summed E-state index contributed by atoms with van der Waals surface area (Å²) >= 11 is 11.9. The first-order chi connectivity index (χ1) is 11.5. The Bertz CT molecular complexity index is 687. The van der Waals surface area contributed by atoms with Crippen molar-refractivity contribution < 1.29 is 14.4 Å². The van der Waals surface area contributed by atoms with E-state index in [9.17, 15) is 14.4 Å². The molecule has 2 aliphatic heterocycles. The predicted molar refractivity (Wildman–Crippen MR) is 90.1 cm³/mol. The van der Waals surface area contributed by atoms with E-state index in [1.807, 2.05) is 0 Å². The molecule has 1 atom stereocenters. The molecule has 2 saturated heterocycles. The van der Waals surface area contributed by atoms with Crippen molar-refractivity contribution in [1.29, 1.82) is 0 Å². The van der Waals surface area contributed by atoms with Gasteiger partial charge in [-0.1, -0.05) is 23.2 Å². The Hall–Kier alpha value is -1.79. The van der Waals surface area contributed by atoms with Crippen LogP contribution in [0.1, 0.15) is 23.2 Å². The number of amides is 3. The first-order valence-electron chi connectivity index (χ1n) is 7.78. The van der Waals surface area contributed by atoms with Crippen LogP contribution in [-0.4, -0.2) is 59.7 Å². The van der Waals surface area contributed by atoms with Crippen molar-refractivity contribution in [2.24, 2.45) is 0 Å². The zero-order valence-electron chi connectivity index (χ0n) is 12.9. The average Bonchev–Trinajstić information content (AvgIpc) is 3.00. The van der Waals surface area contributed by atoms with Gasteiger partial charge < -0.3 is 15.1 Å². The number of benzene rings is 1. The van der Waals surface area contributed by atoms with Crippen LogP contribution >= 0.6 is 23.2 Å². The summed E-state index contributed by atoms with van der Waals surface area (Å²) in [6.07, 6.45) is 0.932. The van der Waals surface area contributed by atoms with Crippen molar-refractivity contribution in [3.63, 3.8) is 0 Å². The molecule has 0 bridgehead atoms. The Morgan fingerprint density at radius 1 is 1.08 bits per heavy atom. The molecule has 1 N–H and O–H groups in total. The van der Waals surface area contributed by atoms with E-state index in [1.54, 1.807) is 28.0 Å². The van der Waals surface area contributed by atoms with Crippen molar-refractivity contribution in [2.45, 2.75) is 18.9 Å². The van der Waals surface area contributed by atoms with Gasteiger partial charge in [-0.3, -0.25) is 14.4 Å². The van der Waals surface area contributed by atoms with Gasteiger partial charge in [-0.2, -0.15) is 0 Å². The highest BCUT2D eigenvalue weighted by Crippen LogP contribution is 2.23. The molecule has 0 saturated carbocycles. The van der Waals surface area contributed by atoms with Gasteiger partial charge in [-0.25, -0.2) is 0 Å². The van der Waals surface area contributed by atoms with Crippen LogP contribution in [0.15, 0.2) is 18.2 Å². The van der Waals surface area contributed by atoms with Gasteiger partial charge >= 0.3 is 0 Å². The van der Waals surface area contributed by atoms with Gasteiger partial charge in [-0.05, 0) is 24.6 Å². The summed E-state index contributed by atoms with van der Waals surface area (Å²) in [4.78, 5) is 39.5. The minimum Gasteiger partial charge on any atom is -0.344 e. The normalized spacial score (nSPS) is 20.9. The summed E-state index contributed by atoms with van der Waals surface area (Å²) in [7, 11) is 0. The van der Waals surface area contributed by atoms with E-state index in [0.29, 0.717) is 54.6 Å². The molecule has 0 spiro atoms. The molecule has 0 radical (unpaired) electrons. The van der Waals surface area contributed by atoms with Crippen molar-refractivity contribution in [2.75, 3.05) is 26.2 Å². The van der Waals surface area contributed by atoms with Crippen LogP contribution in [0.4, 0.5) is 0 Å². The molecule has 2 heterocycles. The largest absolute Gasteiger partial charge is 0.344 e. The minimum atomic E-state index is -0.425. The second-order valence-electron chi connectivity index (χ2n) is 5.90. The number of rotatable bonds is 2. The lowest BCUT2D eigenvalue weighted by molar-refractivity contribution is -0.135. The molecule has 1 aromatic carbocycles. The van der Waals surface area contributed by atoms with Crippen LogP contribution in [0.3, 0.4) is 0 Å². The predicted octanol–water partition coefficient (Wildman–Crippen LogP) is 1.56. The first kappa shape index (κ1) is 17.0. The maximum absolute atomic E-state index is 12.5. The number of halogens is 2. The molecule has 24 heavy (non-hydrogen) atoms. The van der Waals surface area contributed by atoms with E-state index >= 15 is 0 Å². The van der Waals surface area contributed by atoms with Crippen LogP contribution in [0.2, 0.25) is 10.0 Å².